The third-order valence-corrected chi connectivity index (χ3v) is 5.98. The van der Waals surface area contributed by atoms with Crippen molar-refractivity contribution in [1.29, 1.82) is 0 Å². The van der Waals surface area contributed by atoms with Crippen LogP contribution >= 0.6 is 11.6 Å². The van der Waals surface area contributed by atoms with Crippen molar-refractivity contribution in [1.82, 2.24) is 9.71 Å². The molecular formula is C22H24ClF3N2O6S. The molecule has 2 rings (SSSR count). The fourth-order valence-corrected chi connectivity index (χ4v) is 3.97. The van der Waals surface area contributed by atoms with Gasteiger partial charge in [-0.15, -0.1) is 0 Å². The highest BCUT2D eigenvalue weighted by Gasteiger charge is 2.32. The normalized spacial score (nSPS) is 12.1. The number of carbonyl (C=O) groups is 1. The molecule has 0 aliphatic rings. The zero-order valence-corrected chi connectivity index (χ0v) is 20.2. The third-order valence-electron chi connectivity index (χ3n) is 4.37. The molecule has 2 aromatic rings. The van der Waals surface area contributed by atoms with Crippen molar-refractivity contribution in [2.24, 2.45) is 0 Å². The second-order valence-electron chi connectivity index (χ2n) is 7.21. The lowest BCUT2D eigenvalue weighted by molar-refractivity contribution is -0.137. The quantitative estimate of drug-likeness (QED) is 0.302. The van der Waals surface area contributed by atoms with E-state index < -0.39 is 32.7 Å². The highest BCUT2D eigenvalue weighted by molar-refractivity contribution is 7.90. The molecule has 0 radical (unpaired) electrons. The van der Waals surface area contributed by atoms with Gasteiger partial charge < -0.3 is 14.6 Å². The summed E-state index contributed by atoms with van der Waals surface area (Å²) in [6, 6.07) is 4.95. The highest BCUT2D eigenvalue weighted by atomic mass is 35.5. The average molecular weight is 537 g/mol. The Bertz CT molecular complexity index is 1160. The van der Waals surface area contributed by atoms with Crippen LogP contribution in [0.2, 0.25) is 5.02 Å². The van der Waals surface area contributed by atoms with Crippen LogP contribution in [0.5, 0.6) is 17.4 Å². The molecule has 0 bridgehead atoms. The molecule has 8 nitrogen and oxygen atoms in total. The number of amides is 1. The Morgan fingerprint density at radius 1 is 1.26 bits per heavy atom. The first-order valence-corrected chi connectivity index (χ1v) is 12.5. The van der Waals surface area contributed by atoms with E-state index in [4.69, 9.17) is 26.2 Å². The Morgan fingerprint density at radius 3 is 2.63 bits per heavy atom. The minimum absolute atomic E-state index is 0.00412. The molecule has 1 aromatic heterocycles. The van der Waals surface area contributed by atoms with E-state index >= 15 is 0 Å². The Morgan fingerprint density at radius 2 is 2.00 bits per heavy atom. The molecule has 0 aliphatic heterocycles. The van der Waals surface area contributed by atoms with Crippen molar-refractivity contribution in [3.8, 4) is 17.4 Å². The smallest absolute Gasteiger partial charge is 0.417 e. The molecular weight excluding hydrogens is 513 g/mol. The predicted molar refractivity (Wildman–Crippen MR) is 124 cm³/mol. The van der Waals surface area contributed by atoms with Crippen LogP contribution in [0.15, 0.2) is 36.5 Å². The van der Waals surface area contributed by atoms with Crippen LogP contribution < -0.4 is 14.2 Å². The number of nitrogens with one attached hydrogen (secondary N) is 1. The molecule has 0 unspecified atom stereocenters. The summed E-state index contributed by atoms with van der Waals surface area (Å²) in [7, 11) is -3.80. The van der Waals surface area contributed by atoms with E-state index in [1.807, 2.05) is 11.6 Å². The average Bonchev–Trinajstić information content (AvgIpc) is 2.77. The lowest BCUT2D eigenvalue weighted by Gasteiger charge is -2.13. The molecule has 1 aromatic carbocycles. The zero-order valence-electron chi connectivity index (χ0n) is 18.6. The monoisotopic (exact) mass is 536 g/mol. The molecule has 1 amide bonds. The van der Waals surface area contributed by atoms with Crippen LogP contribution in [0, 0.1) is 0 Å². The number of carbonyl (C=O) groups excluding carboxylic acids is 1. The summed E-state index contributed by atoms with van der Waals surface area (Å²) >= 11 is 5.91. The topological polar surface area (TPSA) is 115 Å². The van der Waals surface area contributed by atoms with Crippen molar-refractivity contribution in [3.05, 3.63) is 52.7 Å². The van der Waals surface area contributed by atoms with Gasteiger partial charge in [-0.25, -0.2) is 18.1 Å². The minimum Gasteiger partial charge on any atom is -0.491 e. The van der Waals surface area contributed by atoms with E-state index in [9.17, 15) is 26.4 Å². The summed E-state index contributed by atoms with van der Waals surface area (Å²) in [5, 5.41) is 8.53. The molecule has 0 fully saturated rings. The summed E-state index contributed by atoms with van der Waals surface area (Å²) in [5.74, 6) is -1.17. The largest absolute Gasteiger partial charge is 0.491 e. The number of hydrogen-bond donors (Lipinski definition) is 2. The molecule has 0 saturated carbocycles. The van der Waals surface area contributed by atoms with Gasteiger partial charge in [-0.1, -0.05) is 31.4 Å². The first-order valence-electron chi connectivity index (χ1n) is 10.5. The Labute approximate surface area is 205 Å². The van der Waals surface area contributed by atoms with E-state index in [0.29, 0.717) is 25.1 Å². The molecule has 2 N–H and O–H groups in total. The highest BCUT2D eigenvalue weighted by Crippen LogP contribution is 2.36. The number of aliphatic hydroxyl groups is 1. The van der Waals surface area contributed by atoms with Gasteiger partial charge in [-0.2, -0.15) is 13.2 Å². The number of nitrogens with zero attached hydrogens (tertiary/aromatic N) is 1. The first-order chi connectivity index (χ1) is 16.4. The van der Waals surface area contributed by atoms with Gasteiger partial charge in [0.05, 0.1) is 17.9 Å². The van der Waals surface area contributed by atoms with Crippen molar-refractivity contribution < 1.29 is 41.0 Å². The maximum Gasteiger partial charge on any atom is 0.417 e. The second-order valence-corrected chi connectivity index (χ2v) is 9.46. The summed E-state index contributed by atoms with van der Waals surface area (Å²) < 4.78 is 75.4. The molecule has 0 atom stereocenters. The number of unbranched alkanes of at least 4 members (excludes halogenated alkanes) is 2. The summed E-state index contributed by atoms with van der Waals surface area (Å²) in [5.41, 5.74) is -0.815. The van der Waals surface area contributed by atoms with Gasteiger partial charge in [-0.3, -0.25) is 4.79 Å². The number of aliphatic hydroxyl groups excluding tert-OH is 1. The summed E-state index contributed by atoms with van der Waals surface area (Å²) in [6.45, 7) is 1.62. The summed E-state index contributed by atoms with van der Waals surface area (Å²) in [6.07, 6.45) is 0.0660. The maximum atomic E-state index is 12.9. The zero-order chi connectivity index (χ0) is 26.1. The van der Waals surface area contributed by atoms with Crippen LogP contribution in [0.1, 0.15) is 37.3 Å². The first kappa shape index (κ1) is 28.4. The van der Waals surface area contributed by atoms with Gasteiger partial charge >= 0.3 is 6.18 Å². The van der Waals surface area contributed by atoms with Gasteiger partial charge in [0.25, 0.3) is 5.91 Å². The molecule has 1 heterocycles. The standard InChI is InChI=1S/C22H24ClF3N2O6S/c1-2-3-4-11-35(31,32)28-20(30)8-6-15-5-7-17(33-10-9-29)13-19(15)34-21-18(23)12-16(14-27-21)22(24,25)26/h5-8,12-14,29H,2-4,9-11H2,1H3,(H,28,30). The van der Waals surface area contributed by atoms with Crippen LogP contribution in [-0.2, 0) is 21.0 Å². The molecule has 0 spiro atoms. The van der Waals surface area contributed by atoms with Gasteiger partial charge in [-0.05, 0) is 30.7 Å². The molecule has 35 heavy (non-hydrogen) atoms. The van der Waals surface area contributed by atoms with Gasteiger partial charge in [0.15, 0.2) is 0 Å². The second kappa shape index (κ2) is 12.8. The number of alkyl halides is 3. The number of ether oxygens (including phenoxy) is 2. The fraction of sp³-hybridized carbons (Fsp3) is 0.364. The molecule has 0 aliphatic carbocycles. The van der Waals surface area contributed by atoms with Crippen LogP contribution in [0.25, 0.3) is 6.08 Å². The predicted octanol–water partition coefficient (Wildman–Crippen LogP) is 4.57. The SMILES string of the molecule is CCCCCS(=O)(=O)NC(=O)C=Cc1ccc(OCCO)cc1Oc1ncc(C(F)(F)F)cc1Cl. The van der Waals surface area contributed by atoms with Crippen LogP contribution in [0.3, 0.4) is 0 Å². The van der Waals surface area contributed by atoms with Crippen molar-refractivity contribution >= 4 is 33.6 Å². The van der Waals surface area contributed by atoms with Crippen molar-refractivity contribution in [2.75, 3.05) is 19.0 Å². The number of benzene rings is 1. The minimum atomic E-state index is -4.65. The molecule has 13 heteroatoms. The number of rotatable bonds is 12. The Hall–Kier alpha value is -2.83. The third kappa shape index (κ3) is 9.38. The van der Waals surface area contributed by atoms with Crippen molar-refractivity contribution in [2.45, 2.75) is 32.4 Å². The number of halogens is 4. The van der Waals surface area contributed by atoms with E-state index in [1.54, 1.807) is 0 Å². The fourth-order valence-electron chi connectivity index (χ4n) is 2.70. The molecule has 192 valence electrons. The Kier molecular flexibility index (Phi) is 10.3. The van der Waals surface area contributed by atoms with E-state index in [2.05, 4.69) is 4.98 Å². The number of sulfonamides is 1. The lowest BCUT2D eigenvalue weighted by Crippen LogP contribution is -2.31. The lowest BCUT2D eigenvalue weighted by atomic mass is 10.1. The van der Waals surface area contributed by atoms with Crippen LogP contribution in [-0.4, -0.2) is 43.4 Å². The summed E-state index contributed by atoms with van der Waals surface area (Å²) in [4.78, 5) is 15.7. The van der Waals surface area contributed by atoms with Gasteiger partial charge in [0.1, 0.15) is 23.1 Å². The van der Waals surface area contributed by atoms with Crippen molar-refractivity contribution in [3.63, 3.8) is 0 Å². The Balaban J connectivity index is 2.28. The molecule has 0 saturated heterocycles. The van der Waals surface area contributed by atoms with Gasteiger partial charge in [0.2, 0.25) is 15.9 Å². The van der Waals surface area contributed by atoms with Crippen LogP contribution in [0.4, 0.5) is 13.2 Å². The van der Waals surface area contributed by atoms with E-state index in [0.717, 1.165) is 12.5 Å². The van der Waals surface area contributed by atoms with Gasteiger partial charge in [0, 0.05) is 23.9 Å². The maximum absolute atomic E-state index is 12.9. The number of pyridine rings is 1. The van der Waals surface area contributed by atoms with E-state index in [-0.39, 0.29) is 41.9 Å². The van der Waals surface area contributed by atoms with E-state index in [1.165, 1.54) is 24.3 Å². The number of hydrogen-bond acceptors (Lipinski definition) is 7. The number of aromatic nitrogens is 1.